The molecule has 0 aliphatic carbocycles. The molecule has 6 rings (SSSR count). The molecule has 0 radical (unpaired) electrons. The van der Waals surface area contributed by atoms with E-state index in [4.69, 9.17) is 0 Å². The van der Waals surface area contributed by atoms with Crippen molar-refractivity contribution in [3.63, 3.8) is 0 Å². The van der Waals surface area contributed by atoms with E-state index in [0.29, 0.717) is 37.3 Å². The Morgan fingerprint density at radius 3 is 1.13 bits per heavy atom. The van der Waals surface area contributed by atoms with E-state index in [1.54, 1.807) is 0 Å². The molecule has 170 valence electrons. The first-order valence-corrected chi connectivity index (χ1v) is 15.3. The quantitative estimate of drug-likeness (QED) is 0.586. The van der Waals surface area contributed by atoms with Crippen LogP contribution in [0.4, 0.5) is 0 Å². The van der Waals surface area contributed by atoms with Crippen LogP contribution in [0.5, 0.6) is 0 Å². The smallest absolute Gasteiger partial charge is 0.270 e. The fourth-order valence-corrected chi connectivity index (χ4v) is 14.7. The fourth-order valence-electron chi connectivity index (χ4n) is 7.60. The molecule has 0 spiro atoms. The number of likely N-dealkylation sites (N-methyl/N-ethyl adjacent to an activating group) is 2. The van der Waals surface area contributed by atoms with E-state index >= 15 is 0 Å². The van der Waals surface area contributed by atoms with E-state index in [9.17, 15) is 9.13 Å². The van der Waals surface area contributed by atoms with Crippen LogP contribution in [-0.2, 0) is 9.13 Å². The van der Waals surface area contributed by atoms with Crippen LogP contribution in [0.15, 0.2) is 0 Å². The second-order valence-electron chi connectivity index (χ2n) is 10.3. The molecule has 6 heterocycles. The first kappa shape index (κ1) is 20.8. The van der Waals surface area contributed by atoms with Gasteiger partial charge in [0.1, 0.15) is 0 Å². The maximum atomic E-state index is 14.4. The van der Waals surface area contributed by atoms with Crippen molar-refractivity contribution >= 4 is 15.2 Å². The van der Waals surface area contributed by atoms with Gasteiger partial charge in [0.05, 0.1) is 0 Å². The van der Waals surface area contributed by atoms with Crippen molar-refractivity contribution in [3.05, 3.63) is 0 Å². The molecular formula is C20H38N6O2P2. The van der Waals surface area contributed by atoms with Crippen molar-refractivity contribution in [2.24, 2.45) is 0 Å². The van der Waals surface area contributed by atoms with Gasteiger partial charge >= 0.3 is 0 Å². The largest absolute Gasteiger partial charge is 0.287 e. The minimum Gasteiger partial charge on any atom is -0.270 e. The Kier molecular flexibility index (Phi) is 5.10. The van der Waals surface area contributed by atoms with Crippen LogP contribution in [0.2, 0.25) is 0 Å². The van der Waals surface area contributed by atoms with Crippen LogP contribution in [0.25, 0.3) is 0 Å². The monoisotopic (exact) mass is 456 g/mol. The van der Waals surface area contributed by atoms with Gasteiger partial charge in [0, 0.05) is 63.4 Å². The molecular weight excluding hydrogens is 418 g/mol. The third kappa shape index (κ3) is 2.63. The van der Waals surface area contributed by atoms with Crippen molar-refractivity contribution in [1.29, 1.82) is 0 Å². The lowest BCUT2D eigenvalue weighted by Crippen LogP contribution is -2.38. The number of rotatable bonds is 5. The zero-order chi connectivity index (χ0) is 20.7. The van der Waals surface area contributed by atoms with E-state index in [0.717, 1.165) is 26.2 Å². The normalized spacial score (nSPS) is 40.5. The van der Waals surface area contributed by atoms with E-state index in [1.807, 2.05) is 14.1 Å². The predicted octanol–water partition coefficient (Wildman–Crippen LogP) is 2.95. The van der Waals surface area contributed by atoms with E-state index in [2.05, 4.69) is 28.0 Å². The van der Waals surface area contributed by atoms with Gasteiger partial charge in [0.15, 0.2) is 0 Å². The van der Waals surface area contributed by atoms with Crippen LogP contribution < -0.4 is 0 Å². The minimum absolute atomic E-state index is 0.488. The first-order valence-electron chi connectivity index (χ1n) is 12.2. The van der Waals surface area contributed by atoms with Gasteiger partial charge in [-0.25, -0.2) is 28.0 Å². The van der Waals surface area contributed by atoms with Crippen molar-refractivity contribution in [1.82, 2.24) is 28.0 Å². The Morgan fingerprint density at radius 1 is 0.600 bits per heavy atom. The van der Waals surface area contributed by atoms with Gasteiger partial charge < -0.3 is 0 Å². The summed E-state index contributed by atoms with van der Waals surface area (Å²) in [5.41, 5.74) is 0. The molecule has 8 nitrogen and oxygen atoms in total. The molecule has 10 heteroatoms. The standard InChI is InChI=1S/C20H38N6O2P2/c1-21(29(27)23-11-3-7-17(23)18-8-4-12-24(18)29)15-16-22(2)30(28)25-13-5-9-19(25)20-10-6-14-26(20)30/h17-20H,3-16H2,1-2H3/t17-,18-,19-,20-/m1/s1. The van der Waals surface area contributed by atoms with E-state index in [-0.39, 0.29) is 0 Å². The van der Waals surface area contributed by atoms with Crippen LogP contribution in [0.3, 0.4) is 0 Å². The lowest BCUT2D eigenvalue weighted by atomic mass is 10.1. The average Bonchev–Trinajstić information content (AvgIpc) is 3.54. The molecule has 6 aliphatic rings. The zero-order valence-electron chi connectivity index (χ0n) is 18.6. The number of hydrogen-bond acceptors (Lipinski definition) is 2. The molecule has 6 fully saturated rings. The molecule has 30 heavy (non-hydrogen) atoms. The summed E-state index contributed by atoms with van der Waals surface area (Å²) in [6.07, 6.45) is 9.48. The fraction of sp³-hybridized carbons (Fsp3) is 1.00. The Morgan fingerprint density at radius 2 is 0.867 bits per heavy atom. The van der Waals surface area contributed by atoms with Gasteiger partial charge in [-0.05, 0) is 65.5 Å². The molecule has 0 saturated carbocycles. The summed E-state index contributed by atoms with van der Waals surface area (Å²) in [7, 11) is -1.24. The summed E-state index contributed by atoms with van der Waals surface area (Å²) < 4.78 is 42.4. The van der Waals surface area contributed by atoms with Crippen molar-refractivity contribution in [3.8, 4) is 0 Å². The van der Waals surface area contributed by atoms with Gasteiger partial charge in [-0.2, -0.15) is 0 Å². The lowest BCUT2D eigenvalue weighted by molar-refractivity contribution is 0.321. The summed E-state index contributed by atoms with van der Waals surface area (Å²) in [6, 6.07) is 1.95. The first-order chi connectivity index (χ1) is 14.5. The van der Waals surface area contributed by atoms with Gasteiger partial charge in [0.25, 0.3) is 15.2 Å². The van der Waals surface area contributed by atoms with E-state index in [1.165, 1.54) is 51.4 Å². The second kappa shape index (κ2) is 7.36. The van der Waals surface area contributed by atoms with Gasteiger partial charge in [-0.3, -0.25) is 9.13 Å². The molecule has 6 aliphatic heterocycles. The molecule has 0 N–H and O–H groups in total. The maximum Gasteiger partial charge on any atom is 0.287 e. The highest BCUT2D eigenvalue weighted by molar-refractivity contribution is 7.57. The summed E-state index contributed by atoms with van der Waals surface area (Å²) in [6.45, 7) is 5.30. The molecule has 0 aromatic rings. The third-order valence-electron chi connectivity index (χ3n) is 8.94. The average molecular weight is 457 g/mol. The molecule has 4 atom stereocenters. The molecule has 0 aromatic heterocycles. The zero-order valence-corrected chi connectivity index (χ0v) is 20.4. The lowest BCUT2D eigenvalue weighted by Gasteiger charge is -2.39. The minimum atomic E-state index is -2.67. The third-order valence-corrected chi connectivity index (χ3v) is 15.8. The van der Waals surface area contributed by atoms with Crippen molar-refractivity contribution < 1.29 is 9.13 Å². The van der Waals surface area contributed by atoms with Crippen molar-refractivity contribution in [2.45, 2.75) is 75.5 Å². The molecule has 0 aromatic carbocycles. The topological polar surface area (TPSA) is 53.6 Å². The van der Waals surface area contributed by atoms with Crippen LogP contribution in [0.1, 0.15) is 51.4 Å². The van der Waals surface area contributed by atoms with Crippen LogP contribution >= 0.6 is 15.2 Å². The van der Waals surface area contributed by atoms with Crippen molar-refractivity contribution in [2.75, 3.05) is 53.4 Å². The molecule has 0 amide bonds. The predicted molar refractivity (Wildman–Crippen MR) is 119 cm³/mol. The highest BCUT2D eigenvalue weighted by Gasteiger charge is 2.61. The molecule has 0 unspecified atom stereocenters. The summed E-state index contributed by atoms with van der Waals surface area (Å²) >= 11 is 0. The number of fused-ring (bicyclic) bond motifs is 6. The Hall–Kier alpha value is 0.220. The molecule has 0 bridgehead atoms. The van der Waals surface area contributed by atoms with Gasteiger partial charge in [0.2, 0.25) is 0 Å². The SMILES string of the molecule is CN(CCN(C)P1(=O)N2CCC[C@@H]2[C@H]2CCCN21)P1(=O)N2CCC[C@@H]2[C@H]2CCCN21. The van der Waals surface area contributed by atoms with Gasteiger partial charge in [-0.1, -0.05) is 0 Å². The van der Waals surface area contributed by atoms with E-state index < -0.39 is 15.2 Å². The Labute approximate surface area is 181 Å². The summed E-state index contributed by atoms with van der Waals surface area (Å²) in [5.74, 6) is 0. The highest BCUT2D eigenvalue weighted by atomic mass is 31.2. The Balaban J connectivity index is 1.19. The summed E-state index contributed by atoms with van der Waals surface area (Å²) in [5, 5.41) is 0. The second-order valence-corrected chi connectivity index (χ2v) is 15.8. The van der Waals surface area contributed by atoms with Crippen LogP contribution in [-0.4, -0.2) is 106 Å². The number of hydrogen-bond donors (Lipinski definition) is 0. The summed E-state index contributed by atoms with van der Waals surface area (Å²) in [4.78, 5) is 0. The number of nitrogens with zero attached hydrogens (tertiary/aromatic N) is 6. The maximum absolute atomic E-state index is 14.4. The highest BCUT2D eigenvalue weighted by Crippen LogP contribution is 2.69. The van der Waals surface area contributed by atoms with Gasteiger partial charge in [-0.15, -0.1) is 0 Å². The molecule has 6 saturated heterocycles. The Bertz CT molecular complexity index is 685. The van der Waals surface area contributed by atoms with Crippen LogP contribution in [0, 0.1) is 0 Å².